The zero-order valence-corrected chi connectivity index (χ0v) is 23.9. The maximum absolute atomic E-state index is 13.7. The quantitative estimate of drug-likeness (QED) is 0.305. The highest BCUT2D eigenvalue weighted by Crippen LogP contribution is 2.29. The summed E-state index contributed by atoms with van der Waals surface area (Å²) in [6.45, 7) is 10.2. The Morgan fingerprint density at radius 3 is 2.05 bits per heavy atom. The molecule has 3 aromatic carbocycles. The van der Waals surface area contributed by atoms with Crippen molar-refractivity contribution in [3.8, 4) is 5.75 Å². The molecule has 6 heteroatoms. The van der Waals surface area contributed by atoms with Crippen LogP contribution in [0.4, 0.5) is 0 Å². The van der Waals surface area contributed by atoms with E-state index in [1.54, 1.807) is 4.90 Å². The molecule has 2 amide bonds. The van der Waals surface area contributed by atoms with Crippen LogP contribution < -0.4 is 10.1 Å². The van der Waals surface area contributed by atoms with Gasteiger partial charge in [-0.15, -0.1) is 0 Å². The Kier molecular flexibility index (Phi) is 9.93. The number of ether oxygens (including phenoxy) is 1. The molecule has 0 heterocycles. The van der Waals surface area contributed by atoms with Crippen LogP contribution in [0.2, 0.25) is 0 Å². The first-order valence-electron chi connectivity index (χ1n) is 12.6. The molecule has 0 saturated heterocycles. The smallest absolute Gasteiger partial charge is 0.261 e. The molecule has 1 N–H and O–H groups in total. The molecule has 196 valence electrons. The highest BCUT2D eigenvalue weighted by Gasteiger charge is 2.32. The molecule has 0 unspecified atom stereocenters. The fourth-order valence-electron chi connectivity index (χ4n) is 4.00. The Morgan fingerprint density at radius 2 is 1.51 bits per heavy atom. The third-order valence-electron chi connectivity index (χ3n) is 5.94. The van der Waals surface area contributed by atoms with Crippen molar-refractivity contribution in [3.05, 3.63) is 100 Å². The van der Waals surface area contributed by atoms with Gasteiger partial charge in [-0.3, -0.25) is 9.59 Å². The third-order valence-corrected chi connectivity index (χ3v) is 6.56. The zero-order valence-electron chi connectivity index (χ0n) is 22.3. The van der Waals surface area contributed by atoms with Crippen molar-refractivity contribution in [3.63, 3.8) is 0 Å². The summed E-state index contributed by atoms with van der Waals surface area (Å²) in [5.74, 6) is 0.529. The van der Waals surface area contributed by atoms with Crippen molar-refractivity contribution in [2.24, 2.45) is 0 Å². The summed E-state index contributed by atoms with van der Waals surface area (Å²) in [6.07, 6.45) is 0.397. The summed E-state index contributed by atoms with van der Waals surface area (Å²) in [5.41, 5.74) is 2.67. The number of benzene rings is 3. The van der Waals surface area contributed by atoms with E-state index in [-0.39, 0.29) is 18.4 Å². The van der Waals surface area contributed by atoms with Gasteiger partial charge in [0.05, 0.1) is 4.47 Å². The lowest BCUT2D eigenvalue weighted by Gasteiger charge is -2.33. The van der Waals surface area contributed by atoms with Gasteiger partial charge in [0.15, 0.2) is 6.61 Å². The molecule has 37 heavy (non-hydrogen) atoms. The van der Waals surface area contributed by atoms with E-state index in [0.29, 0.717) is 24.6 Å². The van der Waals surface area contributed by atoms with E-state index >= 15 is 0 Å². The Labute approximate surface area is 229 Å². The second kappa shape index (κ2) is 12.9. The summed E-state index contributed by atoms with van der Waals surface area (Å²) in [7, 11) is 0. The van der Waals surface area contributed by atoms with Crippen molar-refractivity contribution >= 4 is 27.7 Å². The number of nitrogens with one attached hydrogen (secondary N) is 1. The van der Waals surface area contributed by atoms with Crippen molar-refractivity contribution < 1.29 is 14.3 Å². The first-order valence-corrected chi connectivity index (χ1v) is 13.4. The van der Waals surface area contributed by atoms with Crippen molar-refractivity contribution in [1.82, 2.24) is 10.2 Å². The van der Waals surface area contributed by atoms with Crippen LogP contribution in [0.15, 0.2) is 83.3 Å². The number of rotatable bonds is 10. The summed E-state index contributed by atoms with van der Waals surface area (Å²) >= 11 is 3.57. The molecule has 3 aromatic rings. The lowest BCUT2D eigenvalue weighted by molar-refractivity contribution is -0.143. The molecule has 3 rings (SSSR count). The summed E-state index contributed by atoms with van der Waals surface area (Å²) < 4.78 is 6.76. The predicted molar refractivity (Wildman–Crippen MR) is 153 cm³/mol. The Morgan fingerprint density at radius 1 is 0.919 bits per heavy atom. The second-order valence-electron chi connectivity index (χ2n) is 10.6. The molecule has 1 atom stereocenters. The van der Waals surface area contributed by atoms with Gasteiger partial charge in [0.1, 0.15) is 11.8 Å². The SMILES string of the molecule is CC(C)c1ccc(OCC(=O)N(Cc2ccccc2)[C@@H](Cc2ccccc2)C(=O)NC(C)(C)C)c(Br)c1. The van der Waals surface area contributed by atoms with Crippen LogP contribution in [0.3, 0.4) is 0 Å². The number of nitrogens with zero attached hydrogens (tertiary/aromatic N) is 1. The van der Waals surface area contributed by atoms with Crippen LogP contribution in [-0.4, -0.2) is 34.9 Å². The van der Waals surface area contributed by atoms with Gasteiger partial charge in [-0.25, -0.2) is 0 Å². The van der Waals surface area contributed by atoms with Crippen LogP contribution in [0.5, 0.6) is 5.75 Å². The van der Waals surface area contributed by atoms with E-state index in [4.69, 9.17) is 4.74 Å². The third kappa shape index (κ3) is 8.74. The molecule has 0 aromatic heterocycles. The molecule has 0 radical (unpaired) electrons. The molecular formula is C31H37BrN2O3. The number of halogens is 1. The maximum Gasteiger partial charge on any atom is 0.261 e. The number of carbonyl (C=O) groups excluding carboxylic acids is 2. The minimum absolute atomic E-state index is 0.180. The minimum Gasteiger partial charge on any atom is -0.483 e. The highest BCUT2D eigenvalue weighted by molar-refractivity contribution is 9.10. The molecular weight excluding hydrogens is 528 g/mol. The Hall–Kier alpha value is -3.12. The lowest BCUT2D eigenvalue weighted by atomic mass is 10.0. The standard InChI is InChI=1S/C31H37BrN2O3/c1-22(2)25-16-17-28(26(32)19-25)37-21-29(35)34(20-24-14-10-7-11-15-24)27(30(36)33-31(3,4)5)18-23-12-8-6-9-13-23/h6-17,19,22,27H,18,20-21H2,1-5H3,(H,33,36)/t27-/m0/s1. The largest absolute Gasteiger partial charge is 0.483 e. The van der Waals surface area contributed by atoms with Gasteiger partial charge >= 0.3 is 0 Å². The van der Waals surface area contributed by atoms with E-state index < -0.39 is 11.6 Å². The number of hydrogen-bond acceptors (Lipinski definition) is 3. The van der Waals surface area contributed by atoms with Gasteiger partial charge in [-0.05, 0) is 71.4 Å². The normalized spacial score (nSPS) is 12.2. The molecule has 0 aliphatic rings. The first kappa shape index (κ1) is 28.5. The van der Waals surface area contributed by atoms with E-state index in [1.807, 2.05) is 99.6 Å². The van der Waals surface area contributed by atoms with E-state index in [2.05, 4.69) is 35.1 Å². The number of carbonyl (C=O) groups is 2. The molecule has 0 spiro atoms. The number of amides is 2. The minimum atomic E-state index is -0.704. The predicted octanol–water partition coefficient (Wildman–Crippen LogP) is 6.51. The topological polar surface area (TPSA) is 58.6 Å². The molecule has 0 aliphatic carbocycles. The van der Waals surface area contributed by atoms with E-state index in [0.717, 1.165) is 15.6 Å². The van der Waals surface area contributed by atoms with Gasteiger partial charge in [0, 0.05) is 18.5 Å². The molecule has 0 aliphatic heterocycles. The number of hydrogen-bond donors (Lipinski definition) is 1. The van der Waals surface area contributed by atoms with Gasteiger partial charge < -0.3 is 15.0 Å². The molecule has 0 bridgehead atoms. The fourth-order valence-corrected chi connectivity index (χ4v) is 4.51. The highest BCUT2D eigenvalue weighted by atomic mass is 79.9. The van der Waals surface area contributed by atoms with Gasteiger partial charge in [-0.1, -0.05) is 80.6 Å². The van der Waals surface area contributed by atoms with Crippen LogP contribution in [0.25, 0.3) is 0 Å². The van der Waals surface area contributed by atoms with Crippen LogP contribution in [0, 0.1) is 0 Å². The monoisotopic (exact) mass is 564 g/mol. The van der Waals surface area contributed by atoms with Gasteiger partial charge in [0.2, 0.25) is 5.91 Å². The molecule has 5 nitrogen and oxygen atoms in total. The maximum atomic E-state index is 13.7. The summed E-state index contributed by atoms with van der Waals surface area (Å²) in [5, 5.41) is 3.08. The Bertz CT molecular complexity index is 1170. The van der Waals surface area contributed by atoms with Crippen molar-refractivity contribution in [2.45, 2.75) is 65.1 Å². The van der Waals surface area contributed by atoms with E-state index in [1.165, 1.54) is 5.56 Å². The first-order chi connectivity index (χ1) is 17.5. The Balaban J connectivity index is 1.90. The van der Waals surface area contributed by atoms with Gasteiger partial charge in [-0.2, -0.15) is 0 Å². The second-order valence-corrected chi connectivity index (χ2v) is 11.4. The van der Waals surface area contributed by atoms with Crippen LogP contribution >= 0.6 is 15.9 Å². The molecule has 0 saturated carbocycles. The van der Waals surface area contributed by atoms with Crippen molar-refractivity contribution in [1.29, 1.82) is 0 Å². The summed E-state index contributed by atoms with van der Waals surface area (Å²) in [4.78, 5) is 28.9. The molecule has 0 fully saturated rings. The zero-order chi connectivity index (χ0) is 27.0. The van der Waals surface area contributed by atoms with E-state index in [9.17, 15) is 9.59 Å². The average molecular weight is 566 g/mol. The lowest BCUT2D eigenvalue weighted by Crippen LogP contribution is -2.55. The fraction of sp³-hybridized carbons (Fsp3) is 0.355. The van der Waals surface area contributed by atoms with Crippen LogP contribution in [-0.2, 0) is 22.6 Å². The van der Waals surface area contributed by atoms with Crippen LogP contribution in [0.1, 0.15) is 57.2 Å². The summed E-state index contributed by atoms with van der Waals surface area (Å²) in [6, 6.07) is 24.7. The average Bonchev–Trinajstić information content (AvgIpc) is 2.85. The van der Waals surface area contributed by atoms with Crippen molar-refractivity contribution in [2.75, 3.05) is 6.61 Å². The van der Waals surface area contributed by atoms with Gasteiger partial charge in [0.25, 0.3) is 5.91 Å².